The van der Waals surface area contributed by atoms with Crippen LogP contribution in [0.5, 0.6) is 5.75 Å². The van der Waals surface area contributed by atoms with Crippen LogP contribution >= 0.6 is 12.4 Å². The van der Waals surface area contributed by atoms with Crippen molar-refractivity contribution in [3.05, 3.63) is 70.8 Å². The lowest BCUT2D eigenvalue weighted by Crippen LogP contribution is -2.12. The van der Waals surface area contributed by atoms with E-state index < -0.39 is 0 Å². The van der Waals surface area contributed by atoms with Crippen molar-refractivity contribution in [3.63, 3.8) is 0 Å². The summed E-state index contributed by atoms with van der Waals surface area (Å²) in [6, 6.07) is 14.5. The van der Waals surface area contributed by atoms with Crippen molar-refractivity contribution in [1.29, 1.82) is 0 Å². The Hall–Kier alpha value is -1.77. The highest BCUT2D eigenvalue weighted by Gasteiger charge is 2.17. The van der Waals surface area contributed by atoms with Crippen LogP contribution in [0.1, 0.15) is 28.7 Å². The van der Waals surface area contributed by atoms with E-state index in [-0.39, 0.29) is 12.4 Å². The van der Waals surface area contributed by atoms with Crippen LogP contribution in [0.4, 0.5) is 0 Å². The zero-order valence-corrected chi connectivity index (χ0v) is 14.6. The van der Waals surface area contributed by atoms with E-state index in [4.69, 9.17) is 0 Å². The Morgan fingerprint density at radius 3 is 2.48 bits per heavy atom. The molecule has 0 radical (unpaired) electrons. The van der Waals surface area contributed by atoms with Gasteiger partial charge in [-0.25, -0.2) is 0 Å². The lowest BCUT2D eigenvalue weighted by atomic mass is 9.93. The summed E-state index contributed by atoms with van der Waals surface area (Å²) < 4.78 is 0. The lowest BCUT2D eigenvalue weighted by Gasteiger charge is -2.13. The van der Waals surface area contributed by atoms with Crippen LogP contribution in [0.15, 0.2) is 48.5 Å². The number of phenolic OH excluding ortho intramolecular Hbond substituents is 1. The molecule has 3 rings (SSSR count). The molecule has 0 saturated heterocycles. The fourth-order valence-corrected chi connectivity index (χ4v) is 3.15. The average Bonchev–Trinajstić information content (AvgIpc) is 2.64. The molecule has 2 aromatic carbocycles. The van der Waals surface area contributed by atoms with Crippen LogP contribution in [0.25, 0.3) is 5.57 Å². The first kappa shape index (κ1) is 17.6. The minimum atomic E-state index is 0. The Kier molecular flexibility index (Phi) is 5.86. The van der Waals surface area contributed by atoms with E-state index in [1.807, 2.05) is 6.07 Å². The molecule has 0 aromatic heterocycles. The average molecular weight is 330 g/mol. The summed E-state index contributed by atoms with van der Waals surface area (Å²) in [6.07, 6.45) is 5.38. The van der Waals surface area contributed by atoms with Crippen LogP contribution in [-0.2, 0) is 12.8 Å². The lowest BCUT2D eigenvalue weighted by molar-refractivity contribution is 0.417. The summed E-state index contributed by atoms with van der Waals surface area (Å²) >= 11 is 0. The largest absolute Gasteiger partial charge is 0.508 e. The number of nitrogens with zero attached hydrogens (tertiary/aromatic N) is 1. The molecule has 0 spiro atoms. The van der Waals surface area contributed by atoms with Gasteiger partial charge in [0.05, 0.1) is 0 Å². The predicted octanol–water partition coefficient (Wildman–Crippen LogP) is 4.30. The standard InChI is InChI=1S/C20H23NO.ClH/c1-21(2)13-5-8-20-18-7-4-3-6-15(18)9-10-16-14-17(22)11-12-19(16)20;/h3-4,6-8,11-12,14,22H,5,9-10,13H2,1-2H3;1H. The third-order valence-corrected chi connectivity index (χ3v) is 4.27. The van der Waals surface area contributed by atoms with Crippen molar-refractivity contribution in [2.24, 2.45) is 0 Å². The first-order valence-corrected chi connectivity index (χ1v) is 7.90. The second kappa shape index (κ2) is 7.67. The fraction of sp³-hybridized carbons (Fsp3) is 0.300. The highest BCUT2D eigenvalue weighted by Crippen LogP contribution is 2.35. The van der Waals surface area contributed by atoms with Gasteiger partial charge in [0.15, 0.2) is 0 Å². The van der Waals surface area contributed by atoms with Gasteiger partial charge in [0.1, 0.15) is 5.75 Å². The van der Waals surface area contributed by atoms with E-state index in [2.05, 4.69) is 55.4 Å². The number of fused-ring (bicyclic) bond motifs is 2. The molecule has 2 aromatic rings. The van der Waals surface area contributed by atoms with Gasteiger partial charge in [-0.2, -0.15) is 0 Å². The van der Waals surface area contributed by atoms with Crippen LogP contribution in [0, 0.1) is 0 Å². The highest BCUT2D eigenvalue weighted by atomic mass is 35.5. The fourth-order valence-electron chi connectivity index (χ4n) is 3.15. The number of phenols is 1. The zero-order chi connectivity index (χ0) is 15.5. The van der Waals surface area contributed by atoms with Gasteiger partial charge >= 0.3 is 0 Å². The maximum Gasteiger partial charge on any atom is 0.115 e. The Morgan fingerprint density at radius 2 is 1.70 bits per heavy atom. The minimum absolute atomic E-state index is 0. The SMILES string of the molecule is CN(C)CCC=C1c2ccccc2CCc2cc(O)ccc21.Cl. The first-order chi connectivity index (χ1) is 10.6. The summed E-state index contributed by atoms with van der Waals surface area (Å²) in [5.74, 6) is 0.359. The molecule has 0 unspecified atom stereocenters. The molecule has 0 aliphatic heterocycles. The van der Waals surface area contributed by atoms with Crippen molar-refractivity contribution in [1.82, 2.24) is 4.90 Å². The van der Waals surface area contributed by atoms with Crippen LogP contribution in [0.3, 0.4) is 0 Å². The van der Waals surface area contributed by atoms with Gasteiger partial charge in [0.25, 0.3) is 0 Å². The molecule has 122 valence electrons. The number of aromatic hydroxyl groups is 1. The Morgan fingerprint density at radius 1 is 1.00 bits per heavy atom. The number of benzene rings is 2. The summed E-state index contributed by atoms with van der Waals surface area (Å²) in [6.45, 7) is 1.04. The molecule has 0 heterocycles. The van der Waals surface area contributed by atoms with Gasteiger partial charge in [0.2, 0.25) is 0 Å². The number of aryl methyl sites for hydroxylation is 2. The van der Waals surface area contributed by atoms with E-state index in [1.165, 1.54) is 27.8 Å². The van der Waals surface area contributed by atoms with Crippen molar-refractivity contribution in [2.45, 2.75) is 19.3 Å². The van der Waals surface area contributed by atoms with Crippen molar-refractivity contribution < 1.29 is 5.11 Å². The molecule has 1 aliphatic rings. The number of halogens is 1. The molecule has 0 amide bonds. The molecule has 0 fully saturated rings. The van der Waals surface area contributed by atoms with E-state index in [1.54, 1.807) is 6.07 Å². The van der Waals surface area contributed by atoms with E-state index in [9.17, 15) is 5.11 Å². The Labute approximate surface area is 144 Å². The third kappa shape index (κ3) is 3.95. The Bertz CT molecular complexity index is 707. The molecule has 1 N–H and O–H groups in total. The molecular weight excluding hydrogens is 306 g/mol. The van der Waals surface area contributed by atoms with E-state index in [0.29, 0.717) is 5.75 Å². The first-order valence-electron chi connectivity index (χ1n) is 7.90. The Balaban J connectivity index is 0.00000192. The maximum absolute atomic E-state index is 9.81. The summed E-state index contributed by atoms with van der Waals surface area (Å²) in [5.41, 5.74) is 6.55. The van der Waals surface area contributed by atoms with Gasteiger partial charge in [-0.1, -0.05) is 36.4 Å². The summed E-state index contributed by atoms with van der Waals surface area (Å²) in [5, 5.41) is 9.81. The summed E-state index contributed by atoms with van der Waals surface area (Å²) in [4.78, 5) is 2.21. The third-order valence-electron chi connectivity index (χ3n) is 4.27. The topological polar surface area (TPSA) is 23.5 Å². The van der Waals surface area contributed by atoms with Crippen molar-refractivity contribution in [3.8, 4) is 5.75 Å². The minimum Gasteiger partial charge on any atom is -0.508 e. The van der Waals surface area contributed by atoms with Gasteiger partial charge in [-0.3, -0.25) is 0 Å². The number of hydrogen-bond donors (Lipinski definition) is 1. The van der Waals surface area contributed by atoms with E-state index >= 15 is 0 Å². The molecule has 3 heteroatoms. The maximum atomic E-state index is 9.81. The monoisotopic (exact) mass is 329 g/mol. The van der Waals surface area contributed by atoms with Crippen LogP contribution in [-0.4, -0.2) is 30.6 Å². The normalized spacial score (nSPS) is 14.8. The molecule has 1 aliphatic carbocycles. The van der Waals surface area contributed by atoms with Crippen molar-refractivity contribution >= 4 is 18.0 Å². The van der Waals surface area contributed by atoms with Crippen LogP contribution in [0.2, 0.25) is 0 Å². The number of hydrogen-bond acceptors (Lipinski definition) is 2. The smallest absolute Gasteiger partial charge is 0.115 e. The predicted molar refractivity (Wildman–Crippen MR) is 99.5 cm³/mol. The molecule has 0 saturated carbocycles. The molecule has 0 bridgehead atoms. The highest BCUT2D eigenvalue weighted by molar-refractivity contribution is 5.85. The quantitative estimate of drug-likeness (QED) is 0.907. The second-order valence-corrected chi connectivity index (χ2v) is 6.21. The molecular formula is C20H24ClNO. The van der Waals surface area contributed by atoms with E-state index in [0.717, 1.165) is 25.8 Å². The zero-order valence-electron chi connectivity index (χ0n) is 13.7. The van der Waals surface area contributed by atoms with Gasteiger partial charge in [-0.15, -0.1) is 12.4 Å². The van der Waals surface area contributed by atoms with Gasteiger partial charge in [-0.05, 0) is 73.3 Å². The second-order valence-electron chi connectivity index (χ2n) is 6.21. The molecule has 0 atom stereocenters. The van der Waals surface area contributed by atoms with Crippen LogP contribution < -0.4 is 0 Å². The van der Waals surface area contributed by atoms with Crippen molar-refractivity contribution in [2.75, 3.05) is 20.6 Å². The van der Waals surface area contributed by atoms with Gasteiger partial charge < -0.3 is 10.0 Å². The molecule has 2 nitrogen and oxygen atoms in total. The van der Waals surface area contributed by atoms with Gasteiger partial charge in [0, 0.05) is 6.54 Å². The molecule has 23 heavy (non-hydrogen) atoms. The summed E-state index contributed by atoms with van der Waals surface area (Å²) in [7, 11) is 4.21. The number of rotatable bonds is 3.